The first-order chi connectivity index (χ1) is 18.2. The largest absolute Gasteiger partial charge is 0.274 e. The van der Waals surface area contributed by atoms with Crippen LogP contribution in [0.25, 0.3) is 39.7 Å². The van der Waals surface area contributed by atoms with Crippen molar-refractivity contribution in [1.82, 2.24) is 4.57 Å². The molecule has 0 spiro atoms. The normalized spacial score (nSPS) is 11.7. The number of hydrogen-bond donors (Lipinski definition) is 0. The van der Waals surface area contributed by atoms with Gasteiger partial charge in [0.1, 0.15) is 0 Å². The maximum absolute atomic E-state index is 13.7. The minimum Gasteiger partial charge on any atom is -0.274 e. The molecule has 3 nitrogen and oxygen atoms in total. The zero-order valence-corrected chi connectivity index (χ0v) is 24.6. The third-order valence-electron chi connectivity index (χ3n) is 6.88. The van der Waals surface area contributed by atoms with Gasteiger partial charge in [-0.05, 0) is 41.4 Å². The van der Waals surface area contributed by atoms with Gasteiger partial charge in [-0.15, -0.1) is 45.3 Å². The highest BCUT2D eigenvalue weighted by molar-refractivity contribution is 7.32. The fourth-order valence-electron chi connectivity index (χ4n) is 4.86. The van der Waals surface area contributed by atoms with E-state index in [4.69, 9.17) is 0 Å². The highest BCUT2D eigenvalue weighted by Gasteiger charge is 2.18. The summed E-state index contributed by atoms with van der Waals surface area (Å²) in [5, 5.41) is 5.47. The van der Waals surface area contributed by atoms with Crippen molar-refractivity contribution in [2.75, 3.05) is 0 Å². The van der Waals surface area contributed by atoms with Crippen LogP contribution in [0.2, 0.25) is 0 Å². The topological polar surface area (TPSA) is 39.1 Å². The van der Waals surface area contributed by atoms with E-state index in [0.717, 1.165) is 41.8 Å². The molecule has 0 N–H and O–H groups in total. The van der Waals surface area contributed by atoms with Gasteiger partial charge in [-0.25, -0.2) is 0 Å². The molecule has 37 heavy (non-hydrogen) atoms. The lowest BCUT2D eigenvalue weighted by Gasteiger charge is -2.04. The Labute approximate surface area is 234 Å². The molecule has 5 aromatic rings. The number of hydrogen-bond acceptors (Lipinski definition) is 6. The molecule has 5 rings (SSSR count). The van der Waals surface area contributed by atoms with Crippen LogP contribution in [-0.4, -0.2) is 4.57 Å². The Balaban J connectivity index is 1.43. The first-order valence-electron chi connectivity index (χ1n) is 13.4. The van der Waals surface area contributed by atoms with Crippen molar-refractivity contribution in [3.8, 4) is 19.5 Å². The van der Waals surface area contributed by atoms with Crippen LogP contribution in [0.15, 0.2) is 56.7 Å². The van der Waals surface area contributed by atoms with E-state index in [9.17, 15) is 9.59 Å². The molecule has 0 fully saturated rings. The molecule has 5 aromatic heterocycles. The first kappa shape index (κ1) is 26.5. The second-order valence-electron chi connectivity index (χ2n) is 9.61. The van der Waals surface area contributed by atoms with Gasteiger partial charge in [-0.1, -0.05) is 76.8 Å². The van der Waals surface area contributed by atoms with Gasteiger partial charge in [0.25, 0.3) is 11.1 Å². The summed E-state index contributed by atoms with van der Waals surface area (Å²) in [7, 11) is 0. The van der Waals surface area contributed by atoms with Crippen LogP contribution in [0, 0.1) is 0 Å². The molecule has 0 aromatic carbocycles. The molecular formula is C30H33NO2S4. The monoisotopic (exact) mass is 567 g/mol. The molecule has 5 heterocycles. The summed E-state index contributed by atoms with van der Waals surface area (Å²) in [5.41, 5.74) is -0.285. The van der Waals surface area contributed by atoms with Crippen LogP contribution in [0.4, 0.5) is 0 Å². The standard InChI is InChI=1S/C30H33NO2S4/c1-2-3-4-5-6-7-8-9-10-11-16-31-29(32)21-19-25(23-14-12-17-34-23)36-27(21)28-22(30(31)33)20-26(37-28)24-15-13-18-35-24/h12-15,17-20H,2-11,16H2,1H3. The molecule has 0 bridgehead atoms. The molecule has 0 aliphatic carbocycles. The third-order valence-corrected chi connectivity index (χ3v) is 11.5. The van der Waals surface area contributed by atoms with Crippen LogP contribution in [0.5, 0.6) is 0 Å². The minimum atomic E-state index is -0.143. The molecular weight excluding hydrogens is 535 g/mol. The quantitative estimate of drug-likeness (QED) is 0.133. The van der Waals surface area contributed by atoms with Crippen LogP contribution >= 0.6 is 45.3 Å². The third kappa shape index (κ3) is 6.00. The fraction of sp³-hybridized carbons (Fsp3) is 0.400. The summed E-state index contributed by atoms with van der Waals surface area (Å²) in [6.07, 6.45) is 12.3. The van der Waals surface area contributed by atoms with E-state index in [2.05, 4.69) is 29.8 Å². The Morgan fingerprint density at radius 1 is 0.622 bits per heavy atom. The van der Waals surface area contributed by atoms with Crippen LogP contribution in [0.1, 0.15) is 71.1 Å². The highest BCUT2D eigenvalue weighted by atomic mass is 32.1. The summed E-state index contributed by atoms with van der Waals surface area (Å²) >= 11 is 6.64. The predicted octanol–water partition coefficient (Wildman–Crippen LogP) is 10.0. The second kappa shape index (κ2) is 12.7. The molecule has 0 unspecified atom stereocenters. The van der Waals surface area contributed by atoms with Gasteiger partial charge in [0.2, 0.25) is 0 Å². The Kier molecular flexibility index (Phi) is 9.08. The number of unbranched alkanes of at least 4 members (excludes halogenated alkanes) is 9. The number of rotatable bonds is 13. The van der Waals surface area contributed by atoms with Gasteiger partial charge in [-0.2, -0.15) is 0 Å². The minimum absolute atomic E-state index is 0.143. The molecule has 0 saturated heterocycles. The summed E-state index contributed by atoms with van der Waals surface area (Å²) in [4.78, 5) is 32.0. The second-order valence-corrected chi connectivity index (χ2v) is 13.6. The Hall–Kier alpha value is -2.06. The van der Waals surface area contributed by atoms with E-state index in [0.29, 0.717) is 17.3 Å². The Bertz CT molecular complexity index is 1450. The maximum atomic E-state index is 13.7. The zero-order valence-electron chi connectivity index (χ0n) is 21.3. The van der Waals surface area contributed by atoms with Crippen molar-refractivity contribution in [2.45, 2.75) is 77.7 Å². The number of aromatic nitrogens is 1. The van der Waals surface area contributed by atoms with Gasteiger partial charge >= 0.3 is 0 Å². The molecule has 0 radical (unpaired) electrons. The molecule has 0 atom stereocenters. The SMILES string of the molecule is CCCCCCCCCCCCn1c(=O)c2cc(-c3cccs3)sc2c2sc(-c3cccs3)cc2c1=O. The summed E-state index contributed by atoms with van der Waals surface area (Å²) < 4.78 is 3.40. The summed E-state index contributed by atoms with van der Waals surface area (Å²) in [6, 6.07) is 12.3. The molecule has 0 amide bonds. The van der Waals surface area contributed by atoms with Crippen molar-refractivity contribution in [1.29, 1.82) is 0 Å². The van der Waals surface area contributed by atoms with Crippen LogP contribution in [-0.2, 0) is 6.54 Å². The van der Waals surface area contributed by atoms with Crippen LogP contribution < -0.4 is 11.1 Å². The van der Waals surface area contributed by atoms with E-state index in [1.54, 1.807) is 45.3 Å². The van der Waals surface area contributed by atoms with Crippen molar-refractivity contribution in [3.05, 3.63) is 67.9 Å². The average Bonchev–Trinajstić information content (AvgIpc) is 3.71. The molecule has 7 heteroatoms. The highest BCUT2D eigenvalue weighted by Crippen LogP contribution is 2.42. The number of fused-ring (bicyclic) bond motifs is 3. The van der Waals surface area contributed by atoms with Gasteiger partial charge < -0.3 is 0 Å². The zero-order chi connectivity index (χ0) is 25.6. The van der Waals surface area contributed by atoms with Gasteiger partial charge in [-0.3, -0.25) is 14.2 Å². The van der Waals surface area contributed by atoms with Crippen LogP contribution in [0.3, 0.4) is 0 Å². The van der Waals surface area contributed by atoms with Crippen molar-refractivity contribution in [3.63, 3.8) is 0 Å². The smallest absolute Gasteiger partial charge is 0.262 e. The predicted molar refractivity (Wildman–Crippen MR) is 166 cm³/mol. The van der Waals surface area contributed by atoms with Crippen molar-refractivity contribution < 1.29 is 0 Å². The molecule has 194 valence electrons. The fourth-order valence-corrected chi connectivity index (χ4v) is 8.97. The van der Waals surface area contributed by atoms with E-state index < -0.39 is 0 Å². The lowest BCUT2D eigenvalue weighted by Crippen LogP contribution is -2.30. The number of nitrogens with zero attached hydrogens (tertiary/aromatic N) is 1. The number of thiophene rings is 4. The summed E-state index contributed by atoms with van der Waals surface area (Å²) in [6.45, 7) is 2.74. The van der Waals surface area contributed by atoms with Gasteiger partial charge in [0.05, 0.1) is 20.2 Å². The molecule has 0 aliphatic rings. The van der Waals surface area contributed by atoms with E-state index in [1.807, 2.05) is 24.3 Å². The molecule has 0 saturated carbocycles. The van der Waals surface area contributed by atoms with Gasteiger partial charge in [0, 0.05) is 26.1 Å². The first-order valence-corrected chi connectivity index (χ1v) is 16.8. The average molecular weight is 568 g/mol. The van der Waals surface area contributed by atoms with E-state index >= 15 is 0 Å². The van der Waals surface area contributed by atoms with E-state index in [-0.39, 0.29) is 11.1 Å². The Morgan fingerprint density at radius 3 is 1.51 bits per heavy atom. The Morgan fingerprint density at radius 2 is 1.08 bits per heavy atom. The van der Waals surface area contributed by atoms with Crippen molar-refractivity contribution in [2.24, 2.45) is 0 Å². The van der Waals surface area contributed by atoms with Crippen molar-refractivity contribution >= 4 is 65.5 Å². The lowest BCUT2D eigenvalue weighted by atomic mass is 10.1. The summed E-state index contributed by atoms with van der Waals surface area (Å²) in [5.74, 6) is 0. The van der Waals surface area contributed by atoms with Gasteiger partial charge in [0.15, 0.2) is 0 Å². The lowest BCUT2D eigenvalue weighted by molar-refractivity contribution is 0.528. The van der Waals surface area contributed by atoms with E-state index in [1.165, 1.54) is 55.9 Å². The maximum Gasteiger partial charge on any atom is 0.262 e. The molecule has 0 aliphatic heterocycles.